The van der Waals surface area contributed by atoms with E-state index < -0.39 is 0 Å². The summed E-state index contributed by atoms with van der Waals surface area (Å²) in [7, 11) is 0. The molecule has 0 bridgehead atoms. The molecule has 0 unspecified atom stereocenters. The SMILES string of the molecule is CCC(=O)/C(CNC(=O)c1c(Br)sc(C)c1C)=C(/C)C=C(C)C. The van der Waals surface area contributed by atoms with E-state index in [1.165, 1.54) is 0 Å². The van der Waals surface area contributed by atoms with Crippen LogP contribution in [-0.2, 0) is 4.79 Å². The van der Waals surface area contributed by atoms with Crippen LogP contribution in [0.4, 0.5) is 0 Å². The number of hydrogen-bond acceptors (Lipinski definition) is 3. The lowest BCUT2D eigenvalue weighted by Gasteiger charge is -2.11. The summed E-state index contributed by atoms with van der Waals surface area (Å²) < 4.78 is 0.832. The third-order valence-corrected chi connectivity index (χ3v) is 5.51. The van der Waals surface area contributed by atoms with Crippen molar-refractivity contribution >= 4 is 39.0 Å². The number of carbonyl (C=O) groups is 2. The number of thiophene rings is 1. The summed E-state index contributed by atoms with van der Waals surface area (Å²) in [5.41, 5.74) is 4.35. The van der Waals surface area contributed by atoms with E-state index >= 15 is 0 Å². The van der Waals surface area contributed by atoms with Crippen molar-refractivity contribution in [1.82, 2.24) is 5.32 Å². The maximum Gasteiger partial charge on any atom is 0.253 e. The number of allylic oxidation sites excluding steroid dienone is 3. The fourth-order valence-electron chi connectivity index (χ4n) is 2.29. The molecule has 0 radical (unpaired) electrons. The summed E-state index contributed by atoms with van der Waals surface area (Å²) in [5.74, 6) is -0.0808. The van der Waals surface area contributed by atoms with E-state index in [-0.39, 0.29) is 18.2 Å². The van der Waals surface area contributed by atoms with Gasteiger partial charge >= 0.3 is 0 Å². The molecule has 0 saturated carbocycles. The Morgan fingerprint density at radius 2 is 1.83 bits per heavy atom. The van der Waals surface area contributed by atoms with Crippen LogP contribution in [0.15, 0.2) is 26.6 Å². The quantitative estimate of drug-likeness (QED) is 0.534. The van der Waals surface area contributed by atoms with Crippen molar-refractivity contribution in [2.24, 2.45) is 0 Å². The Balaban J connectivity index is 3.01. The fraction of sp³-hybridized carbons (Fsp3) is 0.444. The van der Waals surface area contributed by atoms with Crippen molar-refractivity contribution in [3.63, 3.8) is 0 Å². The second kappa shape index (κ2) is 8.60. The molecule has 0 aromatic carbocycles. The minimum atomic E-state index is -0.148. The molecule has 1 heterocycles. The third kappa shape index (κ3) is 5.15. The van der Waals surface area contributed by atoms with Gasteiger partial charge in [-0.2, -0.15) is 0 Å². The summed E-state index contributed by atoms with van der Waals surface area (Å²) in [5, 5.41) is 2.89. The molecular formula is C18H24BrNO2S. The zero-order chi connectivity index (χ0) is 17.7. The lowest BCUT2D eigenvalue weighted by atomic mass is 10.0. The van der Waals surface area contributed by atoms with Crippen LogP contribution in [0.25, 0.3) is 0 Å². The number of amides is 1. The molecule has 3 nitrogen and oxygen atoms in total. The van der Waals surface area contributed by atoms with Gasteiger partial charge in [0.2, 0.25) is 0 Å². The first-order valence-corrected chi connectivity index (χ1v) is 9.21. The summed E-state index contributed by atoms with van der Waals surface area (Å²) in [6, 6.07) is 0. The average Bonchev–Trinajstić information content (AvgIpc) is 2.70. The van der Waals surface area contributed by atoms with Gasteiger partial charge in [0.05, 0.1) is 9.35 Å². The second-order valence-corrected chi connectivity index (χ2v) is 8.32. The number of halogens is 1. The normalized spacial score (nSPS) is 11.8. The number of hydrogen-bond donors (Lipinski definition) is 1. The molecule has 0 saturated heterocycles. The number of aryl methyl sites for hydroxylation is 1. The smallest absolute Gasteiger partial charge is 0.253 e. The van der Waals surface area contributed by atoms with Crippen LogP contribution in [0.3, 0.4) is 0 Å². The summed E-state index contributed by atoms with van der Waals surface area (Å²) in [4.78, 5) is 25.8. The maximum absolute atomic E-state index is 12.5. The van der Waals surface area contributed by atoms with Crippen molar-refractivity contribution < 1.29 is 9.59 Å². The van der Waals surface area contributed by atoms with E-state index in [4.69, 9.17) is 0 Å². The van der Waals surface area contributed by atoms with Gasteiger partial charge in [-0.15, -0.1) is 11.3 Å². The number of ketones is 1. The molecule has 0 atom stereocenters. The van der Waals surface area contributed by atoms with Crippen LogP contribution in [0, 0.1) is 13.8 Å². The molecule has 1 amide bonds. The van der Waals surface area contributed by atoms with Gasteiger partial charge < -0.3 is 5.32 Å². The van der Waals surface area contributed by atoms with Crippen LogP contribution in [0.1, 0.15) is 54.9 Å². The Morgan fingerprint density at radius 3 is 2.26 bits per heavy atom. The Labute approximate surface area is 151 Å². The molecule has 0 aliphatic heterocycles. The first kappa shape index (κ1) is 19.8. The number of rotatable bonds is 6. The highest BCUT2D eigenvalue weighted by Gasteiger charge is 2.19. The van der Waals surface area contributed by atoms with Gasteiger partial charge in [-0.05, 0) is 61.7 Å². The summed E-state index contributed by atoms with van der Waals surface area (Å²) in [6.45, 7) is 11.9. The lowest BCUT2D eigenvalue weighted by molar-refractivity contribution is -0.115. The van der Waals surface area contributed by atoms with Crippen LogP contribution in [0.2, 0.25) is 0 Å². The monoisotopic (exact) mass is 397 g/mol. The molecule has 23 heavy (non-hydrogen) atoms. The molecule has 0 aliphatic carbocycles. The number of carbonyl (C=O) groups excluding carboxylic acids is 2. The van der Waals surface area contributed by atoms with Gasteiger partial charge in [0.25, 0.3) is 5.91 Å². The molecule has 1 rings (SSSR count). The molecule has 0 spiro atoms. The van der Waals surface area contributed by atoms with Crippen molar-refractivity contribution in [3.8, 4) is 0 Å². The molecule has 5 heteroatoms. The molecule has 1 aromatic rings. The molecule has 1 N–H and O–H groups in total. The predicted molar refractivity (Wildman–Crippen MR) is 101 cm³/mol. The second-order valence-electron chi connectivity index (χ2n) is 5.77. The van der Waals surface area contributed by atoms with Gasteiger partial charge in [-0.3, -0.25) is 9.59 Å². The Morgan fingerprint density at radius 1 is 1.22 bits per heavy atom. The highest BCUT2D eigenvalue weighted by molar-refractivity contribution is 9.11. The first-order chi connectivity index (χ1) is 10.7. The largest absolute Gasteiger partial charge is 0.348 e. The van der Waals surface area contributed by atoms with Gasteiger partial charge in [-0.25, -0.2) is 0 Å². The van der Waals surface area contributed by atoms with E-state index in [0.29, 0.717) is 17.6 Å². The topological polar surface area (TPSA) is 46.2 Å². The van der Waals surface area contributed by atoms with E-state index in [2.05, 4.69) is 21.2 Å². The Hall–Kier alpha value is -1.20. The third-order valence-electron chi connectivity index (χ3n) is 3.63. The number of Topliss-reactive ketones (excluding diaryl/α,β-unsaturated/α-hetero) is 1. The summed E-state index contributed by atoms with van der Waals surface area (Å²) in [6.07, 6.45) is 2.41. The van der Waals surface area contributed by atoms with Gasteiger partial charge in [0, 0.05) is 23.4 Å². The molecule has 1 aromatic heterocycles. The van der Waals surface area contributed by atoms with E-state index in [1.54, 1.807) is 11.3 Å². The van der Waals surface area contributed by atoms with Gasteiger partial charge in [-0.1, -0.05) is 18.6 Å². The lowest BCUT2D eigenvalue weighted by Crippen LogP contribution is -2.28. The van der Waals surface area contributed by atoms with E-state index in [9.17, 15) is 9.59 Å². The standard InChI is InChI=1S/C18H24BrNO2S/c1-7-15(21)14(11(4)8-10(2)3)9-20-18(22)16-12(5)13(6)23-17(16)19/h8H,7,9H2,1-6H3,(H,20,22)/b14-11-. The Kier molecular flexibility index (Phi) is 7.42. The van der Waals surface area contributed by atoms with E-state index in [0.717, 1.165) is 25.4 Å². The molecule has 0 aliphatic rings. The molecule has 0 fully saturated rings. The maximum atomic E-state index is 12.5. The minimum absolute atomic E-state index is 0.0672. The zero-order valence-electron chi connectivity index (χ0n) is 14.6. The predicted octanol–water partition coefficient (Wildman–Crippen LogP) is 5.12. The fourth-order valence-corrected chi connectivity index (χ4v) is 4.37. The first-order valence-electron chi connectivity index (χ1n) is 7.60. The van der Waals surface area contributed by atoms with Crippen LogP contribution < -0.4 is 5.32 Å². The van der Waals surface area contributed by atoms with Crippen LogP contribution >= 0.6 is 27.3 Å². The van der Waals surface area contributed by atoms with Crippen molar-refractivity contribution in [2.45, 2.75) is 48.0 Å². The minimum Gasteiger partial charge on any atom is -0.348 e. The average molecular weight is 398 g/mol. The molecular weight excluding hydrogens is 374 g/mol. The Bertz CT molecular complexity index is 679. The van der Waals surface area contributed by atoms with Crippen LogP contribution in [-0.4, -0.2) is 18.2 Å². The van der Waals surface area contributed by atoms with Crippen molar-refractivity contribution in [1.29, 1.82) is 0 Å². The van der Waals surface area contributed by atoms with E-state index in [1.807, 2.05) is 47.6 Å². The zero-order valence-corrected chi connectivity index (χ0v) is 17.0. The van der Waals surface area contributed by atoms with Gasteiger partial charge in [0.15, 0.2) is 5.78 Å². The van der Waals surface area contributed by atoms with Crippen LogP contribution in [0.5, 0.6) is 0 Å². The number of nitrogens with one attached hydrogen (secondary N) is 1. The highest BCUT2D eigenvalue weighted by atomic mass is 79.9. The molecule has 126 valence electrons. The highest BCUT2D eigenvalue weighted by Crippen LogP contribution is 2.32. The van der Waals surface area contributed by atoms with Crippen molar-refractivity contribution in [3.05, 3.63) is 42.6 Å². The van der Waals surface area contributed by atoms with Crippen molar-refractivity contribution in [2.75, 3.05) is 6.54 Å². The van der Waals surface area contributed by atoms with Gasteiger partial charge in [0.1, 0.15) is 0 Å². The summed E-state index contributed by atoms with van der Waals surface area (Å²) >= 11 is 5.00.